The minimum absolute atomic E-state index is 0.766. The summed E-state index contributed by atoms with van der Waals surface area (Å²) >= 11 is 3.42. The molecule has 0 aromatic carbocycles. The second kappa shape index (κ2) is 5.16. The highest BCUT2D eigenvalue weighted by Gasteiger charge is 2.07. The van der Waals surface area contributed by atoms with Crippen molar-refractivity contribution in [3.63, 3.8) is 0 Å². The molecule has 84 valence electrons. The van der Waals surface area contributed by atoms with Crippen LogP contribution in [0.4, 0.5) is 5.69 Å². The molecule has 0 bridgehead atoms. The normalized spacial score (nSPS) is 10.4. The van der Waals surface area contributed by atoms with Crippen molar-refractivity contribution in [2.24, 2.45) is 0 Å². The molecule has 2 heterocycles. The van der Waals surface area contributed by atoms with Crippen LogP contribution in [0.5, 0.6) is 0 Å². The van der Waals surface area contributed by atoms with E-state index in [4.69, 9.17) is 4.42 Å². The van der Waals surface area contributed by atoms with E-state index < -0.39 is 0 Å². The van der Waals surface area contributed by atoms with Gasteiger partial charge in [0.25, 0.3) is 0 Å². The predicted molar refractivity (Wildman–Crippen MR) is 67.4 cm³/mol. The first-order valence-corrected chi connectivity index (χ1v) is 5.96. The molecule has 0 saturated heterocycles. The molecule has 0 fully saturated rings. The standard InChI is InChI=1S/C12H13BrN2O/c1-2-15(9-12-4-3-5-16-12)11-6-10(13)7-14-8-11/h3-8H,2,9H2,1H3. The van der Waals surface area contributed by atoms with Gasteiger partial charge in [0.2, 0.25) is 0 Å². The van der Waals surface area contributed by atoms with Crippen LogP contribution in [0.2, 0.25) is 0 Å². The fraction of sp³-hybridized carbons (Fsp3) is 0.250. The molecule has 0 spiro atoms. The SMILES string of the molecule is CCN(Cc1ccco1)c1cncc(Br)c1. The zero-order chi connectivity index (χ0) is 11.4. The number of halogens is 1. The van der Waals surface area contributed by atoms with Crippen molar-refractivity contribution < 1.29 is 4.42 Å². The van der Waals surface area contributed by atoms with Gasteiger partial charge in [-0.3, -0.25) is 4.98 Å². The number of rotatable bonds is 4. The number of hydrogen-bond acceptors (Lipinski definition) is 3. The number of furan rings is 1. The number of hydrogen-bond donors (Lipinski definition) is 0. The van der Waals surface area contributed by atoms with Gasteiger partial charge in [-0.25, -0.2) is 0 Å². The Morgan fingerprint density at radius 2 is 2.31 bits per heavy atom. The van der Waals surface area contributed by atoms with E-state index in [0.29, 0.717) is 0 Å². The molecular formula is C12H13BrN2O. The highest BCUT2D eigenvalue weighted by atomic mass is 79.9. The fourth-order valence-corrected chi connectivity index (χ4v) is 1.90. The van der Waals surface area contributed by atoms with Crippen molar-refractivity contribution in [2.45, 2.75) is 13.5 Å². The molecular weight excluding hydrogens is 268 g/mol. The van der Waals surface area contributed by atoms with Gasteiger partial charge in [0.15, 0.2) is 0 Å². The highest BCUT2D eigenvalue weighted by molar-refractivity contribution is 9.10. The predicted octanol–water partition coefficient (Wildman–Crippen LogP) is 3.46. The quantitative estimate of drug-likeness (QED) is 0.859. The molecule has 0 atom stereocenters. The van der Waals surface area contributed by atoms with Crippen molar-refractivity contribution in [2.75, 3.05) is 11.4 Å². The van der Waals surface area contributed by atoms with Crippen LogP contribution < -0.4 is 4.90 Å². The van der Waals surface area contributed by atoms with E-state index in [1.165, 1.54) is 0 Å². The monoisotopic (exact) mass is 280 g/mol. The van der Waals surface area contributed by atoms with Crippen LogP contribution in [0.25, 0.3) is 0 Å². The molecule has 0 aliphatic rings. The Kier molecular flexibility index (Phi) is 3.62. The fourth-order valence-electron chi connectivity index (χ4n) is 1.55. The molecule has 0 unspecified atom stereocenters. The molecule has 2 aromatic heterocycles. The van der Waals surface area contributed by atoms with Gasteiger partial charge < -0.3 is 9.32 Å². The molecule has 0 amide bonds. The Hall–Kier alpha value is -1.29. The van der Waals surface area contributed by atoms with Gasteiger partial charge in [-0.15, -0.1) is 0 Å². The van der Waals surface area contributed by atoms with Crippen LogP contribution in [0, 0.1) is 0 Å². The van der Waals surface area contributed by atoms with Gasteiger partial charge in [-0.1, -0.05) is 0 Å². The minimum atomic E-state index is 0.766. The largest absolute Gasteiger partial charge is 0.467 e. The Balaban J connectivity index is 2.16. The van der Waals surface area contributed by atoms with E-state index in [1.54, 1.807) is 12.5 Å². The summed E-state index contributed by atoms with van der Waals surface area (Å²) in [7, 11) is 0. The second-order valence-corrected chi connectivity index (χ2v) is 4.37. The van der Waals surface area contributed by atoms with Gasteiger partial charge in [0.05, 0.1) is 24.7 Å². The summed E-state index contributed by atoms with van der Waals surface area (Å²) in [5.41, 5.74) is 1.09. The van der Waals surface area contributed by atoms with Gasteiger partial charge in [-0.05, 0) is 41.1 Å². The smallest absolute Gasteiger partial charge is 0.123 e. The highest BCUT2D eigenvalue weighted by Crippen LogP contribution is 2.20. The van der Waals surface area contributed by atoms with Crippen molar-refractivity contribution in [1.82, 2.24) is 4.98 Å². The second-order valence-electron chi connectivity index (χ2n) is 3.45. The maximum Gasteiger partial charge on any atom is 0.123 e. The average molecular weight is 281 g/mol. The van der Waals surface area contributed by atoms with E-state index >= 15 is 0 Å². The zero-order valence-electron chi connectivity index (χ0n) is 9.06. The third-order valence-corrected chi connectivity index (χ3v) is 2.80. The number of pyridine rings is 1. The first-order chi connectivity index (χ1) is 7.79. The molecule has 0 aliphatic carbocycles. The molecule has 0 aliphatic heterocycles. The molecule has 4 heteroatoms. The maximum atomic E-state index is 5.34. The van der Waals surface area contributed by atoms with Gasteiger partial charge in [0.1, 0.15) is 5.76 Å². The lowest BCUT2D eigenvalue weighted by molar-refractivity contribution is 0.503. The van der Waals surface area contributed by atoms with Crippen LogP contribution in [0.15, 0.2) is 45.7 Å². The lowest BCUT2D eigenvalue weighted by Gasteiger charge is -2.21. The van der Waals surface area contributed by atoms with Crippen molar-refractivity contribution >= 4 is 21.6 Å². The minimum Gasteiger partial charge on any atom is -0.467 e. The van der Waals surface area contributed by atoms with E-state index in [-0.39, 0.29) is 0 Å². The van der Waals surface area contributed by atoms with E-state index in [9.17, 15) is 0 Å². The van der Waals surface area contributed by atoms with Crippen LogP contribution in [0.1, 0.15) is 12.7 Å². The van der Waals surface area contributed by atoms with Gasteiger partial charge >= 0.3 is 0 Å². The van der Waals surface area contributed by atoms with Gasteiger partial charge in [-0.2, -0.15) is 0 Å². The number of nitrogens with zero attached hydrogens (tertiary/aromatic N) is 2. The summed E-state index contributed by atoms with van der Waals surface area (Å²) in [6, 6.07) is 5.94. The zero-order valence-corrected chi connectivity index (χ0v) is 10.6. The molecule has 2 rings (SSSR count). The third kappa shape index (κ3) is 2.64. The lowest BCUT2D eigenvalue weighted by Crippen LogP contribution is -2.21. The van der Waals surface area contributed by atoms with E-state index in [2.05, 4.69) is 38.8 Å². The van der Waals surface area contributed by atoms with Crippen molar-refractivity contribution in [1.29, 1.82) is 0 Å². The number of aromatic nitrogens is 1. The Morgan fingerprint density at radius 3 is 2.94 bits per heavy atom. The Morgan fingerprint density at radius 1 is 1.44 bits per heavy atom. The molecule has 0 saturated carbocycles. The molecule has 2 aromatic rings. The van der Waals surface area contributed by atoms with Crippen LogP contribution >= 0.6 is 15.9 Å². The summed E-state index contributed by atoms with van der Waals surface area (Å²) in [5, 5.41) is 0. The maximum absolute atomic E-state index is 5.34. The van der Waals surface area contributed by atoms with Gasteiger partial charge in [0, 0.05) is 17.2 Å². The molecule has 16 heavy (non-hydrogen) atoms. The summed E-state index contributed by atoms with van der Waals surface area (Å²) in [5.74, 6) is 0.960. The molecule has 0 radical (unpaired) electrons. The first-order valence-electron chi connectivity index (χ1n) is 5.17. The summed E-state index contributed by atoms with van der Waals surface area (Å²) in [4.78, 5) is 6.37. The summed E-state index contributed by atoms with van der Waals surface area (Å²) < 4.78 is 6.33. The summed E-state index contributed by atoms with van der Waals surface area (Å²) in [6.07, 6.45) is 5.34. The van der Waals surface area contributed by atoms with Crippen molar-refractivity contribution in [3.8, 4) is 0 Å². The average Bonchev–Trinajstić information content (AvgIpc) is 2.78. The first kappa shape index (κ1) is 11.2. The Labute approximate surface area is 103 Å². The van der Waals surface area contributed by atoms with E-state index in [1.807, 2.05) is 18.3 Å². The topological polar surface area (TPSA) is 29.3 Å². The lowest BCUT2D eigenvalue weighted by atomic mass is 10.3. The Bertz CT molecular complexity index is 442. The summed E-state index contributed by atoms with van der Waals surface area (Å²) in [6.45, 7) is 3.80. The van der Waals surface area contributed by atoms with Crippen molar-refractivity contribution in [3.05, 3.63) is 47.1 Å². The van der Waals surface area contributed by atoms with Crippen LogP contribution in [-0.4, -0.2) is 11.5 Å². The van der Waals surface area contributed by atoms with E-state index in [0.717, 1.165) is 29.0 Å². The van der Waals surface area contributed by atoms with Crippen LogP contribution in [0.3, 0.4) is 0 Å². The molecule has 0 N–H and O–H groups in total. The third-order valence-electron chi connectivity index (χ3n) is 2.36. The number of anilines is 1. The molecule has 3 nitrogen and oxygen atoms in total. The van der Waals surface area contributed by atoms with Crippen LogP contribution in [-0.2, 0) is 6.54 Å².